The standard InChI is InChI=1S/C15H20FNO2/c1-10(16)12-8-14-13(18-5-2-6-19-14)7-11(12)9-15(17)3-4-15/h7-8,10H,2-6,9,17H2,1H3. The number of hydrogen-bond acceptors (Lipinski definition) is 3. The summed E-state index contributed by atoms with van der Waals surface area (Å²) in [5.74, 6) is 1.38. The third kappa shape index (κ3) is 2.68. The second kappa shape index (κ2) is 4.67. The summed E-state index contributed by atoms with van der Waals surface area (Å²) in [4.78, 5) is 0. The minimum absolute atomic E-state index is 0.135. The molecule has 0 radical (unpaired) electrons. The highest BCUT2D eigenvalue weighted by Gasteiger charge is 2.39. The van der Waals surface area contributed by atoms with Gasteiger partial charge in [0.05, 0.1) is 13.2 Å². The molecular formula is C15H20FNO2. The number of rotatable bonds is 3. The van der Waals surface area contributed by atoms with Crippen molar-refractivity contribution in [3.8, 4) is 11.5 Å². The average molecular weight is 265 g/mol. The van der Waals surface area contributed by atoms with Crippen LogP contribution >= 0.6 is 0 Å². The molecule has 1 heterocycles. The van der Waals surface area contributed by atoms with Crippen LogP contribution in [0, 0.1) is 0 Å². The normalized spacial score (nSPS) is 21.6. The van der Waals surface area contributed by atoms with E-state index < -0.39 is 6.17 Å². The zero-order valence-electron chi connectivity index (χ0n) is 11.2. The molecule has 1 atom stereocenters. The van der Waals surface area contributed by atoms with Gasteiger partial charge in [0.2, 0.25) is 0 Å². The maximum Gasteiger partial charge on any atom is 0.161 e. The first-order valence-corrected chi connectivity index (χ1v) is 6.93. The molecule has 3 nitrogen and oxygen atoms in total. The Kier molecular flexibility index (Phi) is 3.13. The zero-order chi connectivity index (χ0) is 13.5. The van der Waals surface area contributed by atoms with Crippen molar-refractivity contribution in [3.63, 3.8) is 0 Å². The van der Waals surface area contributed by atoms with Gasteiger partial charge in [-0.25, -0.2) is 4.39 Å². The topological polar surface area (TPSA) is 44.5 Å². The number of alkyl halides is 1. The van der Waals surface area contributed by atoms with Crippen molar-refractivity contribution >= 4 is 0 Å². The highest BCUT2D eigenvalue weighted by Crippen LogP contribution is 2.41. The number of nitrogens with two attached hydrogens (primary N) is 1. The molecule has 0 spiro atoms. The molecule has 3 rings (SSSR count). The van der Waals surface area contributed by atoms with Gasteiger partial charge in [-0.05, 0) is 49.4 Å². The van der Waals surface area contributed by atoms with E-state index in [4.69, 9.17) is 15.2 Å². The van der Waals surface area contributed by atoms with Gasteiger partial charge in [-0.2, -0.15) is 0 Å². The number of benzene rings is 1. The summed E-state index contributed by atoms with van der Waals surface area (Å²) in [7, 11) is 0. The minimum Gasteiger partial charge on any atom is -0.490 e. The second-order valence-electron chi connectivity index (χ2n) is 5.70. The Bertz CT molecular complexity index is 483. The molecule has 1 fully saturated rings. The van der Waals surface area contributed by atoms with E-state index in [1.807, 2.05) is 6.07 Å². The fraction of sp³-hybridized carbons (Fsp3) is 0.600. The highest BCUT2D eigenvalue weighted by atomic mass is 19.1. The Morgan fingerprint density at radius 2 is 1.89 bits per heavy atom. The highest BCUT2D eigenvalue weighted by molar-refractivity contribution is 5.49. The molecule has 1 unspecified atom stereocenters. The summed E-state index contributed by atoms with van der Waals surface area (Å²) >= 11 is 0. The summed E-state index contributed by atoms with van der Waals surface area (Å²) in [5.41, 5.74) is 7.66. The number of fused-ring (bicyclic) bond motifs is 1. The van der Waals surface area contributed by atoms with Gasteiger partial charge in [-0.3, -0.25) is 0 Å². The molecule has 1 aromatic rings. The van der Waals surface area contributed by atoms with Crippen LogP contribution in [0.1, 0.15) is 43.5 Å². The van der Waals surface area contributed by atoms with Crippen molar-refractivity contribution < 1.29 is 13.9 Å². The van der Waals surface area contributed by atoms with Crippen molar-refractivity contribution in [2.75, 3.05) is 13.2 Å². The Labute approximate surface area is 112 Å². The molecule has 2 N–H and O–H groups in total. The quantitative estimate of drug-likeness (QED) is 0.914. The molecule has 0 saturated heterocycles. The molecule has 2 aliphatic rings. The van der Waals surface area contributed by atoms with Crippen molar-refractivity contribution in [2.45, 2.75) is 44.3 Å². The Morgan fingerprint density at radius 3 is 2.47 bits per heavy atom. The summed E-state index contributed by atoms with van der Waals surface area (Å²) in [6, 6.07) is 3.70. The lowest BCUT2D eigenvalue weighted by molar-refractivity contribution is 0.296. The van der Waals surface area contributed by atoms with Crippen molar-refractivity contribution in [3.05, 3.63) is 23.3 Å². The number of ether oxygens (including phenoxy) is 2. The lowest BCUT2D eigenvalue weighted by Crippen LogP contribution is -2.25. The SMILES string of the molecule is CC(F)c1cc2c(cc1CC1(N)CC1)OCCCO2. The van der Waals surface area contributed by atoms with Crippen LogP contribution in [0.2, 0.25) is 0 Å². The molecule has 1 aliphatic carbocycles. The van der Waals surface area contributed by atoms with Gasteiger partial charge in [0.1, 0.15) is 6.17 Å². The van der Waals surface area contributed by atoms with Gasteiger partial charge >= 0.3 is 0 Å². The second-order valence-corrected chi connectivity index (χ2v) is 5.70. The number of hydrogen-bond donors (Lipinski definition) is 1. The van der Waals surface area contributed by atoms with Gasteiger partial charge in [0.25, 0.3) is 0 Å². The van der Waals surface area contributed by atoms with E-state index in [0.29, 0.717) is 30.9 Å². The summed E-state index contributed by atoms with van der Waals surface area (Å²) < 4.78 is 25.1. The molecule has 19 heavy (non-hydrogen) atoms. The van der Waals surface area contributed by atoms with Gasteiger partial charge in [-0.15, -0.1) is 0 Å². The van der Waals surface area contributed by atoms with E-state index in [1.165, 1.54) is 0 Å². The number of halogens is 1. The Morgan fingerprint density at radius 1 is 1.26 bits per heavy atom. The third-order valence-corrected chi connectivity index (χ3v) is 3.87. The molecular weight excluding hydrogens is 245 g/mol. The van der Waals surface area contributed by atoms with E-state index >= 15 is 0 Å². The van der Waals surface area contributed by atoms with Crippen LogP contribution in [0.5, 0.6) is 11.5 Å². The maximum absolute atomic E-state index is 13.8. The van der Waals surface area contributed by atoms with Crippen molar-refractivity contribution in [2.24, 2.45) is 5.73 Å². The summed E-state index contributed by atoms with van der Waals surface area (Å²) in [6.45, 7) is 2.82. The first-order valence-electron chi connectivity index (χ1n) is 6.93. The fourth-order valence-corrected chi connectivity index (χ4v) is 2.51. The molecule has 104 valence electrons. The molecule has 1 aliphatic heterocycles. The van der Waals surface area contributed by atoms with E-state index in [-0.39, 0.29) is 5.54 Å². The van der Waals surface area contributed by atoms with Crippen LogP contribution in [0.4, 0.5) is 4.39 Å². The summed E-state index contributed by atoms with van der Waals surface area (Å²) in [5, 5.41) is 0. The van der Waals surface area contributed by atoms with E-state index in [1.54, 1.807) is 13.0 Å². The lowest BCUT2D eigenvalue weighted by atomic mass is 9.96. The average Bonchev–Trinajstić information content (AvgIpc) is 3.11. The molecule has 1 aromatic carbocycles. The van der Waals surface area contributed by atoms with Crippen LogP contribution in [-0.4, -0.2) is 18.8 Å². The molecule has 0 amide bonds. The largest absolute Gasteiger partial charge is 0.490 e. The predicted molar refractivity (Wildman–Crippen MR) is 71.4 cm³/mol. The molecule has 4 heteroatoms. The Hall–Kier alpha value is -1.29. The van der Waals surface area contributed by atoms with Crippen molar-refractivity contribution in [1.29, 1.82) is 0 Å². The molecule has 1 saturated carbocycles. The van der Waals surface area contributed by atoms with E-state index in [0.717, 1.165) is 30.6 Å². The van der Waals surface area contributed by atoms with Gasteiger partial charge in [-0.1, -0.05) is 0 Å². The smallest absolute Gasteiger partial charge is 0.161 e. The van der Waals surface area contributed by atoms with Gasteiger partial charge in [0.15, 0.2) is 11.5 Å². The first kappa shape index (κ1) is 12.7. The molecule has 0 bridgehead atoms. The van der Waals surface area contributed by atoms with Gasteiger partial charge in [0, 0.05) is 12.0 Å². The lowest BCUT2D eigenvalue weighted by Gasteiger charge is -2.18. The van der Waals surface area contributed by atoms with E-state index in [2.05, 4.69) is 0 Å². The van der Waals surface area contributed by atoms with Crippen molar-refractivity contribution in [1.82, 2.24) is 0 Å². The third-order valence-electron chi connectivity index (χ3n) is 3.87. The summed E-state index contributed by atoms with van der Waals surface area (Å²) in [6.07, 6.45) is 2.58. The monoisotopic (exact) mass is 265 g/mol. The van der Waals surface area contributed by atoms with Crippen LogP contribution in [0.25, 0.3) is 0 Å². The zero-order valence-corrected chi connectivity index (χ0v) is 11.2. The van der Waals surface area contributed by atoms with Crippen LogP contribution < -0.4 is 15.2 Å². The minimum atomic E-state index is -1.02. The fourth-order valence-electron chi connectivity index (χ4n) is 2.51. The predicted octanol–water partition coefficient (Wildman–Crippen LogP) is 2.91. The maximum atomic E-state index is 13.8. The van der Waals surface area contributed by atoms with Crippen LogP contribution in [0.15, 0.2) is 12.1 Å². The molecule has 0 aromatic heterocycles. The van der Waals surface area contributed by atoms with Gasteiger partial charge < -0.3 is 15.2 Å². The van der Waals surface area contributed by atoms with E-state index in [9.17, 15) is 4.39 Å². The Balaban J connectivity index is 1.98. The van der Waals surface area contributed by atoms with Crippen LogP contribution in [-0.2, 0) is 6.42 Å². The van der Waals surface area contributed by atoms with Crippen LogP contribution in [0.3, 0.4) is 0 Å². The first-order chi connectivity index (χ1) is 9.07.